The standard InChI is InChI=1S/C18H26O4S/c1-3-4-5-6-8-11-17(22-16(2)19)14-15-23(20,21)18-12-9-7-10-13-18/h7,9-10,12-15,17H,3-6,8,11H2,1-2H3/b15-14-. The van der Waals surface area contributed by atoms with Gasteiger partial charge in [0.2, 0.25) is 0 Å². The topological polar surface area (TPSA) is 60.4 Å². The third kappa shape index (κ3) is 7.98. The molecule has 1 aromatic rings. The molecule has 0 saturated carbocycles. The first kappa shape index (κ1) is 19.4. The number of benzene rings is 1. The van der Waals surface area contributed by atoms with Crippen molar-refractivity contribution in [1.29, 1.82) is 0 Å². The van der Waals surface area contributed by atoms with Gasteiger partial charge in [0.15, 0.2) is 9.84 Å². The van der Waals surface area contributed by atoms with Gasteiger partial charge in [-0.25, -0.2) is 8.42 Å². The Kier molecular flexibility index (Phi) is 8.62. The number of sulfone groups is 1. The summed E-state index contributed by atoms with van der Waals surface area (Å²) >= 11 is 0. The molecule has 0 aromatic heterocycles. The van der Waals surface area contributed by atoms with Gasteiger partial charge in [-0.2, -0.15) is 0 Å². The molecule has 23 heavy (non-hydrogen) atoms. The summed E-state index contributed by atoms with van der Waals surface area (Å²) in [5, 5.41) is 1.14. The van der Waals surface area contributed by atoms with Crippen LogP contribution in [0.25, 0.3) is 0 Å². The molecule has 0 N–H and O–H groups in total. The van der Waals surface area contributed by atoms with Crippen LogP contribution in [0.5, 0.6) is 0 Å². The molecule has 0 spiro atoms. The van der Waals surface area contributed by atoms with Gasteiger partial charge in [-0.3, -0.25) is 4.79 Å². The minimum atomic E-state index is -3.50. The lowest BCUT2D eigenvalue weighted by molar-refractivity contribution is -0.144. The summed E-state index contributed by atoms with van der Waals surface area (Å²) in [6.45, 7) is 3.49. The molecule has 0 amide bonds. The molecule has 1 atom stereocenters. The summed E-state index contributed by atoms with van der Waals surface area (Å²) in [6, 6.07) is 8.22. The number of rotatable bonds is 10. The number of esters is 1. The van der Waals surface area contributed by atoms with Crippen LogP contribution in [-0.2, 0) is 19.4 Å². The largest absolute Gasteiger partial charge is 0.458 e. The van der Waals surface area contributed by atoms with E-state index in [9.17, 15) is 13.2 Å². The fourth-order valence-electron chi connectivity index (χ4n) is 2.24. The maximum absolute atomic E-state index is 12.2. The van der Waals surface area contributed by atoms with Crippen molar-refractivity contribution >= 4 is 15.8 Å². The van der Waals surface area contributed by atoms with Crippen LogP contribution in [0.4, 0.5) is 0 Å². The third-order valence-corrected chi connectivity index (χ3v) is 4.90. The number of hydrogen-bond acceptors (Lipinski definition) is 4. The maximum Gasteiger partial charge on any atom is 0.303 e. The van der Waals surface area contributed by atoms with E-state index in [-0.39, 0.29) is 4.90 Å². The zero-order chi connectivity index (χ0) is 17.1. The predicted octanol–water partition coefficient (Wildman–Crippen LogP) is 4.27. The molecule has 0 radical (unpaired) electrons. The minimum absolute atomic E-state index is 0.237. The van der Waals surface area contributed by atoms with E-state index < -0.39 is 21.9 Å². The van der Waals surface area contributed by atoms with Gasteiger partial charge in [-0.05, 0) is 31.1 Å². The van der Waals surface area contributed by atoms with Crippen LogP contribution >= 0.6 is 0 Å². The van der Waals surface area contributed by atoms with E-state index in [1.165, 1.54) is 25.8 Å². The molecule has 0 fully saturated rings. The quantitative estimate of drug-likeness (QED) is 0.472. The van der Waals surface area contributed by atoms with Crippen molar-refractivity contribution in [3.63, 3.8) is 0 Å². The Labute approximate surface area is 139 Å². The van der Waals surface area contributed by atoms with E-state index >= 15 is 0 Å². The first-order valence-corrected chi connectivity index (χ1v) is 9.66. The van der Waals surface area contributed by atoms with Gasteiger partial charge in [-0.15, -0.1) is 0 Å². The molecule has 4 nitrogen and oxygen atoms in total. The highest BCUT2D eigenvalue weighted by Crippen LogP contribution is 2.15. The Balaban J connectivity index is 2.66. The molecule has 0 aliphatic rings. The summed E-state index contributed by atoms with van der Waals surface area (Å²) in [5.74, 6) is -0.398. The molecule has 1 unspecified atom stereocenters. The van der Waals surface area contributed by atoms with Crippen molar-refractivity contribution < 1.29 is 17.9 Å². The van der Waals surface area contributed by atoms with E-state index in [0.717, 1.165) is 24.7 Å². The Bertz CT molecular complexity index is 591. The Morgan fingerprint density at radius 1 is 1.13 bits per heavy atom. The number of hydrogen-bond donors (Lipinski definition) is 0. The van der Waals surface area contributed by atoms with Gasteiger partial charge >= 0.3 is 5.97 Å². The smallest absolute Gasteiger partial charge is 0.303 e. The second-order valence-electron chi connectivity index (χ2n) is 5.54. The zero-order valence-electron chi connectivity index (χ0n) is 13.9. The van der Waals surface area contributed by atoms with Crippen molar-refractivity contribution in [2.75, 3.05) is 0 Å². The van der Waals surface area contributed by atoms with Crippen molar-refractivity contribution in [2.24, 2.45) is 0 Å². The highest BCUT2D eigenvalue weighted by Gasteiger charge is 2.13. The monoisotopic (exact) mass is 338 g/mol. The van der Waals surface area contributed by atoms with Gasteiger partial charge < -0.3 is 4.74 Å². The number of unbranched alkanes of at least 4 members (excludes halogenated alkanes) is 4. The molecule has 0 bridgehead atoms. The fourth-order valence-corrected chi connectivity index (χ4v) is 3.31. The molecule has 0 aliphatic heterocycles. The molecule has 1 aromatic carbocycles. The van der Waals surface area contributed by atoms with Crippen LogP contribution in [0.15, 0.2) is 46.7 Å². The van der Waals surface area contributed by atoms with E-state index in [0.29, 0.717) is 6.42 Å². The second-order valence-corrected chi connectivity index (χ2v) is 7.37. The number of carbonyl (C=O) groups excluding carboxylic acids is 1. The van der Waals surface area contributed by atoms with Crippen LogP contribution in [0.2, 0.25) is 0 Å². The van der Waals surface area contributed by atoms with E-state index in [1.54, 1.807) is 30.3 Å². The van der Waals surface area contributed by atoms with Gasteiger partial charge in [0.1, 0.15) is 6.10 Å². The summed E-state index contributed by atoms with van der Waals surface area (Å²) in [5.41, 5.74) is 0. The molecular formula is C18H26O4S. The lowest BCUT2D eigenvalue weighted by atomic mass is 10.1. The number of ether oxygens (including phenoxy) is 1. The summed E-state index contributed by atoms with van der Waals surface area (Å²) in [6.07, 6.45) is 7.10. The maximum atomic E-state index is 12.2. The zero-order valence-corrected chi connectivity index (χ0v) is 14.7. The molecular weight excluding hydrogens is 312 g/mol. The Morgan fingerprint density at radius 3 is 2.39 bits per heavy atom. The Morgan fingerprint density at radius 2 is 1.78 bits per heavy atom. The first-order valence-electron chi connectivity index (χ1n) is 8.11. The molecule has 0 aliphatic carbocycles. The van der Waals surface area contributed by atoms with Gasteiger partial charge in [0.25, 0.3) is 0 Å². The second kappa shape index (κ2) is 10.2. The van der Waals surface area contributed by atoms with Crippen LogP contribution in [0.1, 0.15) is 52.4 Å². The summed E-state index contributed by atoms with van der Waals surface area (Å²) in [7, 11) is -3.50. The molecule has 5 heteroatoms. The van der Waals surface area contributed by atoms with Gasteiger partial charge in [0.05, 0.1) is 4.90 Å². The third-order valence-electron chi connectivity index (χ3n) is 3.45. The van der Waals surface area contributed by atoms with Crippen LogP contribution < -0.4 is 0 Å². The SMILES string of the molecule is CCCCCCCC(/C=C\S(=O)(=O)c1ccccc1)OC(C)=O. The van der Waals surface area contributed by atoms with Crippen LogP contribution in [0.3, 0.4) is 0 Å². The predicted molar refractivity (Wildman–Crippen MR) is 91.7 cm³/mol. The highest BCUT2D eigenvalue weighted by molar-refractivity contribution is 7.94. The van der Waals surface area contributed by atoms with E-state index in [1.807, 2.05) is 0 Å². The number of carbonyl (C=O) groups is 1. The van der Waals surface area contributed by atoms with Crippen molar-refractivity contribution in [1.82, 2.24) is 0 Å². The minimum Gasteiger partial charge on any atom is -0.458 e. The van der Waals surface area contributed by atoms with Crippen LogP contribution in [-0.4, -0.2) is 20.5 Å². The highest BCUT2D eigenvalue weighted by atomic mass is 32.2. The molecule has 1 rings (SSSR count). The van der Waals surface area contributed by atoms with Crippen LogP contribution in [0, 0.1) is 0 Å². The molecule has 128 valence electrons. The average Bonchev–Trinajstić information content (AvgIpc) is 2.52. The van der Waals surface area contributed by atoms with Gasteiger partial charge in [0, 0.05) is 12.3 Å². The Hall–Kier alpha value is -1.62. The fraction of sp³-hybridized carbons (Fsp3) is 0.500. The summed E-state index contributed by atoms with van der Waals surface area (Å²) < 4.78 is 29.6. The van der Waals surface area contributed by atoms with E-state index in [4.69, 9.17) is 4.74 Å². The normalized spacial score (nSPS) is 13.1. The van der Waals surface area contributed by atoms with Gasteiger partial charge in [-0.1, -0.05) is 50.8 Å². The lowest BCUT2D eigenvalue weighted by Gasteiger charge is -2.13. The summed E-state index contributed by atoms with van der Waals surface area (Å²) in [4.78, 5) is 11.4. The molecule has 0 heterocycles. The van der Waals surface area contributed by atoms with Crippen molar-refractivity contribution in [3.8, 4) is 0 Å². The average molecular weight is 338 g/mol. The van der Waals surface area contributed by atoms with Crippen molar-refractivity contribution in [2.45, 2.75) is 63.4 Å². The molecule has 0 saturated heterocycles. The first-order chi connectivity index (χ1) is 11.0. The van der Waals surface area contributed by atoms with Crippen molar-refractivity contribution in [3.05, 3.63) is 41.8 Å². The van der Waals surface area contributed by atoms with E-state index in [2.05, 4.69) is 6.92 Å². The lowest BCUT2D eigenvalue weighted by Crippen LogP contribution is -2.14.